The van der Waals surface area contributed by atoms with Crippen LogP contribution in [0.3, 0.4) is 0 Å². The average Bonchev–Trinajstić information content (AvgIpc) is 2.60. The van der Waals surface area contributed by atoms with Crippen LogP contribution in [0.5, 0.6) is 5.75 Å². The maximum absolute atomic E-state index is 13.1. The first-order valence-electron chi connectivity index (χ1n) is 7.45. The van der Waals surface area contributed by atoms with Crippen LogP contribution in [0.4, 0.5) is 14.5 Å². The van der Waals surface area contributed by atoms with E-state index >= 15 is 0 Å². The lowest BCUT2D eigenvalue weighted by molar-refractivity contribution is 0.101. The van der Waals surface area contributed by atoms with Crippen LogP contribution in [0.1, 0.15) is 22.8 Å². The molecule has 0 aliphatic carbocycles. The van der Waals surface area contributed by atoms with Crippen LogP contribution in [0.2, 0.25) is 0 Å². The third-order valence-corrected chi connectivity index (χ3v) is 3.41. The highest BCUT2D eigenvalue weighted by Crippen LogP contribution is 2.18. The van der Waals surface area contributed by atoms with Gasteiger partial charge in [0.15, 0.2) is 17.4 Å². The maximum atomic E-state index is 13.1. The first-order valence-corrected chi connectivity index (χ1v) is 7.45. The Kier molecular flexibility index (Phi) is 6.03. The number of anilines is 1. The Hall–Kier alpha value is -2.98. The SMILES string of the molecule is CC(=O)c1ccc(C#N)c(NCC(O)COc2ccc(F)c(F)c2)c1. The van der Waals surface area contributed by atoms with Crippen molar-refractivity contribution in [2.75, 3.05) is 18.5 Å². The molecule has 0 fully saturated rings. The molecule has 2 rings (SSSR count). The van der Waals surface area contributed by atoms with Crippen molar-refractivity contribution in [3.05, 3.63) is 59.2 Å². The summed E-state index contributed by atoms with van der Waals surface area (Å²) in [7, 11) is 0. The number of Topliss-reactive ketones (excluding diaryl/α,β-unsaturated/α-hetero) is 1. The fraction of sp³-hybridized carbons (Fsp3) is 0.222. The highest BCUT2D eigenvalue weighted by atomic mass is 19.2. The molecule has 0 aliphatic rings. The topological polar surface area (TPSA) is 82.4 Å². The number of aliphatic hydroxyl groups is 1. The Morgan fingerprint density at radius 2 is 2.04 bits per heavy atom. The summed E-state index contributed by atoms with van der Waals surface area (Å²) in [5.74, 6) is -2.07. The Balaban J connectivity index is 1.94. The second-order valence-corrected chi connectivity index (χ2v) is 5.35. The van der Waals surface area contributed by atoms with Gasteiger partial charge in [-0.15, -0.1) is 0 Å². The Labute approximate surface area is 143 Å². The Morgan fingerprint density at radius 3 is 2.68 bits per heavy atom. The summed E-state index contributed by atoms with van der Waals surface area (Å²) >= 11 is 0. The van der Waals surface area contributed by atoms with E-state index < -0.39 is 17.7 Å². The molecule has 25 heavy (non-hydrogen) atoms. The summed E-state index contributed by atoms with van der Waals surface area (Å²) < 4.78 is 31.1. The normalized spacial score (nSPS) is 11.5. The van der Waals surface area contributed by atoms with Gasteiger partial charge >= 0.3 is 0 Å². The summed E-state index contributed by atoms with van der Waals surface area (Å²) in [6, 6.07) is 9.66. The van der Waals surface area contributed by atoms with Gasteiger partial charge in [0.1, 0.15) is 24.5 Å². The molecular formula is C18H16F2N2O3. The third kappa shape index (κ3) is 4.99. The molecule has 1 atom stereocenters. The summed E-state index contributed by atoms with van der Waals surface area (Å²) in [5, 5.41) is 21.9. The number of aliphatic hydroxyl groups excluding tert-OH is 1. The summed E-state index contributed by atoms with van der Waals surface area (Å²) in [6.45, 7) is 1.29. The van der Waals surface area contributed by atoms with Crippen molar-refractivity contribution >= 4 is 11.5 Å². The number of ketones is 1. The van der Waals surface area contributed by atoms with E-state index in [4.69, 9.17) is 10.00 Å². The minimum absolute atomic E-state index is 0.0414. The van der Waals surface area contributed by atoms with Crippen LogP contribution in [-0.2, 0) is 0 Å². The zero-order valence-corrected chi connectivity index (χ0v) is 13.4. The molecule has 2 aromatic rings. The van der Waals surface area contributed by atoms with Gasteiger partial charge in [0.25, 0.3) is 0 Å². The molecule has 1 unspecified atom stereocenters. The summed E-state index contributed by atoms with van der Waals surface area (Å²) in [4.78, 5) is 11.4. The van der Waals surface area contributed by atoms with E-state index in [0.29, 0.717) is 16.8 Å². The fourth-order valence-corrected chi connectivity index (χ4v) is 2.05. The highest BCUT2D eigenvalue weighted by molar-refractivity contribution is 5.95. The number of carbonyl (C=O) groups is 1. The molecule has 2 aromatic carbocycles. The number of rotatable bonds is 7. The van der Waals surface area contributed by atoms with Gasteiger partial charge in [-0.05, 0) is 37.3 Å². The molecule has 0 saturated carbocycles. The van der Waals surface area contributed by atoms with Gasteiger partial charge in [-0.3, -0.25) is 4.79 Å². The van der Waals surface area contributed by atoms with Gasteiger partial charge in [0, 0.05) is 18.2 Å². The minimum Gasteiger partial charge on any atom is -0.491 e. The van der Waals surface area contributed by atoms with Crippen molar-refractivity contribution in [1.29, 1.82) is 5.26 Å². The lowest BCUT2D eigenvalue weighted by Crippen LogP contribution is -2.26. The van der Waals surface area contributed by atoms with Crippen molar-refractivity contribution in [3.8, 4) is 11.8 Å². The molecule has 0 heterocycles. The van der Waals surface area contributed by atoms with E-state index in [0.717, 1.165) is 12.1 Å². The predicted octanol–water partition coefficient (Wildman–Crippen LogP) is 2.89. The van der Waals surface area contributed by atoms with E-state index in [1.807, 2.05) is 6.07 Å². The zero-order chi connectivity index (χ0) is 18.4. The van der Waals surface area contributed by atoms with Crippen molar-refractivity contribution < 1.29 is 23.4 Å². The molecule has 0 bridgehead atoms. The van der Waals surface area contributed by atoms with E-state index in [1.54, 1.807) is 6.07 Å². The third-order valence-electron chi connectivity index (χ3n) is 3.41. The standard InChI is InChI=1S/C18H16F2N2O3/c1-11(23)12-2-3-13(8-21)18(6-12)22-9-14(24)10-25-15-4-5-16(19)17(20)7-15/h2-7,14,22,24H,9-10H2,1H3. The quantitative estimate of drug-likeness (QED) is 0.754. The van der Waals surface area contributed by atoms with Crippen molar-refractivity contribution in [2.24, 2.45) is 0 Å². The second-order valence-electron chi connectivity index (χ2n) is 5.35. The molecule has 0 aromatic heterocycles. The van der Waals surface area contributed by atoms with Gasteiger partial charge < -0.3 is 15.2 Å². The average molecular weight is 346 g/mol. The number of nitrogens with one attached hydrogen (secondary N) is 1. The van der Waals surface area contributed by atoms with Gasteiger partial charge in [0.05, 0.1) is 11.3 Å². The number of carbonyl (C=O) groups excluding carboxylic acids is 1. The Bertz CT molecular complexity index is 818. The van der Waals surface area contributed by atoms with Crippen LogP contribution >= 0.6 is 0 Å². The second kappa shape index (κ2) is 8.22. The summed E-state index contributed by atoms with van der Waals surface area (Å²) in [5.41, 5.74) is 1.19. The van der Waals surface area contributed by atoms with Crippen molar-refractivity contribution in [1.82, 2.24) is 0 Å². The Morgan fingerprint density at radius 1 is 1.28 bits per heavy atom. The smallest absolute Gasteiger partial charge is 0.162 e. The molecule has 130 valence electrons. The number of halogens is 2. The minimum atomic E-state index is -1.04. The molecule has 0 amide bonds. The van der Waals surface area contributed by atoms with Crippen LogP contribution in [0.25, 0.3) is 0 Å². The van der Waals surface area contributed by atoms with Crippen molar-refractivity contribution in [3.63, 3.8) is 0 Å². The number of nitriles is 1. The maximum Gasteiger partial charge on any atom is 0.162 e. The largest absolute Gasteiger partial charge is 0.491 e. The molecule has 0 aliphatic heterocycles. The highest BCUT2D eigenvalue weighted by Gasteiger charge is 2.10. The van der Waals surface area contributed by atoms with E-state index in [1.165, 1.54) is 25.1 Å². The van der Waals surface area contributed by atoms with E-state index in [2.05, 4.69) is 5.32 Å². The van der Waals surface area contributed by atoms with Crippen LogP contribution in [0, 0.1) is 23.0 Å². The first kappa shape index (κ1) is 18.4. The van der Waals surface area contributed by atoms with Crippen molar-refractivity contribution in [2.45, 2.75) is 13.0 Å². The molecule has 5 nitrogen and oxygen atoms in total. The molecule has 0 saturated heterocycles. The number of ether oxygens (including phenoxy) is 1. The monoisotopic (exact) mass is 346 g/mol. The fourth-order valence-electron chi connectivity index (χ4n) is 2.05. The molecule has 2 N–H and O–H groups in total. The van der Waals surface area contributed by atoms with Gasteiger partial charge in [-0.1, -0.05) is 0 Å². The first-order chi connectivity index (χ1) is 11.9. The van der Waals surface area contributed by atoms with E-state index in [9.17, 15) is 18.7 Å². The summed E-state index contributed by atoms with van der Waals surface area (Å²) in [6.07, 6.45) is -0.972. The predicted molar refractivity (Wildman–Crippen MR) is 87.5 cm³/mol. The number of nitrogens with zero attached hydrogens (tertiary/aromatic N) is 1. The number of hydrogen-bond acceptors (Lipinski definition) is 5. The van der Waals surface area contributed by atoms with Crippen LogP contribution < -0.4 is 10.1 Å². The molecule has 0 radical (unpaired) electrons. The lowest BCUT2D eigenvalue weighted by Gasteiger charge is -2.15. The molecular weight excluding hydrogens is 330 g/mol. The molecule has 0 spiro atoms. The van der Waals surface area contributed by atoms with E-state index in [-0.39, 0.29) is 24.7 Å². The van der Waals surface area contributed by atoms with Gasteiger partial charge in [0.2, 0.25) is 0 Å². The number of benzene rings is 2. The van der Waals surface area contributed by atoms with Gasteiger partial charge in [-0.2, -0.15) is 5.26 Å². The zero-order valence-electron chi connectivity index (χ0n) is 13.4. The molecule has 7 heteroatoms. The van der Waals surface area contributed by atoms with Crippen LogP contribution in [-0.4, -0.2) is 30.1 Å². The lowest BCUT2D eigenvalue weighted by atomic mass is 10.1. The van der Waals surface area contributed by atoms with Gasteiger partial charge in [-0.25, -0.2) is 8.78 Å². The number of hydrogen-bond donors (Lipinski definition) is 2. The van der Waals surface area contributed by atoms with Crippen LogP contribution in [0.15, 0.2) is 36.4 Å².